The Morgan fingerprint density at radius 1 is 1.50 bits per heavy atom. The van der Waals surface area contributed by atoms with E-state index >= 15 is 0 Å². The van der Waals surface area contributed by atoms with Gasteiger partial charge in [-0.25, -0.2) is 0 Å². The molecular formula is C10H16O2. The Kier molecular flexibility index (Phi) is 1.95. The Labute approximate surface area is 73.0 Å². The van der Waals surface area contributed by atoms with Crippen molar-refractivity contribution in [1.29, 1.82) is 0 Å². The molecule has 2 fully saturated rings. The largest absolute Gasteiger partial charge is 0.392 e. The van der Waals surface area contributed by atoms with Gasteiger partial charge in [0.2, 0.25) is 0 Å². The highest BCUT2D eigenvalue weighted by molar-refractivity contribution is 5.50. The molecule has 2 nitrogen and oxygen atoms in total. The zero-order chi connectivity index (χ0) is 8.60. The number of rotatable bonds is 3. The maximum atomic E-state index is 10.2. The lowest BCUT2D eigenvalue weighted by Crippen LogP contribution is -2.14. The predicted octanol–water partition coefficient (Wildman–Crippen LogP) is 1.52. The van der Waals surface area contributed by atoms with Crippen LogP contribution in [0, 0.1) is 11.3 Å². The molecule has 1 N–H and O–H groups in total. The smallest absolute Gasteiger partial charge is 0.122 e. The molecule has 2 atom stereocenters. The minimum atomic E-state index is -0.347. The van der Waals surface area contributed by atoms with Gasteiger partial charge >= 0.3 is 0 Å². The highest BCUT2D eigenvalue weighted by atomic mass is 16.3. The zero-order valence-corrected chi connectivity index (χ0v) is 7.33. The normalized spacial score (nSPS) is 33.6. The van der Waals surface area contributed by atoms with E-state index in [4.69, 9.17) is 0 Å². The number of aliphatic hydroxyl groups is 1. The molecule has 2 aliphatic rings. The molecule has 2 unspecified atom stereocenters. The fourth-order valence-corrected chi connectivity index (χ4v) is 2.84. The third-order valence-corrected chi connectivity index (χ3v) is 3.65. The first-order chi connectivity index (χ1) is 5.78. The van der Waals surface area contributed by atoms with Gasteiger partial charge in [0, 0.05) is 6.42 Å². The van der Waals surface area contributed by atoms with Crippen molar-refractivity contribution < 1.29 is 9.90 Å². The molecule has 2 rings (SSSR count). The van der Waals surface area contributed by atoms with Gasteiger partial charge in [-0.05, 0) is 30.6 Å². The summed E-state index contributed by atoms with van der Waals surface area (Å²) in [5.41, 5.74) is 0.475. The van der Waals surface area contributed by atoms with Crippen molar-refractivity contribution in [2.24, 2.45) is 11.3 Å². The summed E-state index contributed by atoms with van der Waals surface area (Å²) in [4.78, 5) is 10.2. The van der Waals surface area contributed by atoms with Crippen molar-refractivity contribution in [2.45, 2.75) is 44.6 Å². The van der Waals surface area contributed by atoms with E-state index in [9.17, 15) is 9.90 Å². The number of carbonyl (C=O) groups excluding carboxylic acids is 1. The molecule has 0 aromatic carbocycles. The Morgan fingerprint density at radius 3 is 2.75 bits per heavy atom. The summed E-state index contributed by atoms with van der Waals surface area (Å²) >= 11 is 0. The molecule has 0 bridgehead atoms. The van der Waals surface area contributed by atoms with E-state index in [1.54, 1.807) is 0 Å². The van der Waals surface area contributed by atoms with Crippen molar-refractivity contribution in [3.63, 3.8) is 0 Å². The standard InChI is InChI=1S/C10H16O2/c11-6-3-9(12)8-7-10(8)4-1-2-5-10/h6,8-9,12H,1-5,7H2. The van der Waals surface area contributed by atoms with Gasteiger partial charge in [-0.2, -0.15) is 0 Å². The summed E-state index contributed by atoms with van der Waals surface area (Å²) in [7, 11) is 0. The van der Waals surface area contributed by atoms with E-state index in [1.807, 2.05) is 0 Å². The number of hydrogen-bond donors (Lipinski definition) is 1. The maximum Gasteiger partial charge on any atom is 0.122 e. The topological polar surface area (TPSA) is 37.3 Å². The molecule has 2 saturated carbocycles. The van der Waals surface area contributed by atoms with Crippen molar-refractivity contribution in [2.75, 3.05) is 0 Å². The summed E-state index contributed by atoms with van der Waals surface area (Å²) < 4.78 is 0. The van der Waals surface area contributed by atoms with Gasteiger partial charge in [-0.15, -0.1) is 0 Å². The molecule has 0 aromatic heterocycles. The Bertz CT molecular complexity index is 182. The van der Waals surface area contributed by atoms with Gasteiger partial charge in [-0.1, -0.05) is 12.8 Å². The lowest BCUT2D eigenvalue weighted by Gasteiger charge is -2.11. The van der Waals surface area contributed by atoms with Crippen molar-refractivity contribution in [3.05, 3.63) is 0 Å². The first-order valence-electron chi connectivity index (χ1n) is 4.90. The van der Waals surface area contributed by atoms with Crippen LogP contribution in [0.4, 0.5) is 0 Å². The highest BCUT2D eigenvalue weighted by Gasteiger charge is 2.57. The summed E-state index contributed by atoms with van der Waals surface area (Å²) in [6.45, 7) is 0. The molecular weight excluding hydrogens is 152 g/mol. The summed E-state index contributed by atoms with van der Waals surface area (Å²) in [6, 6.07) is 0. The van der Waals surface area contributed by atoms with Crippen LogP contribution in [-0.4, -0.2) is 17.5 Å². The van der Waals surface area contributed by atoms with Crippen LogP contribution in [-0.2, 0) is 4.79 Å². The van der Waals surface area contributed by atoms with Crippen molar-refractivity contribution in [3.8, 4) is 0 Å². The van der Waals surface area contributed by atoms with E-state index in [0.29, 0.717) is 17.8 Å². The molecule has 0 amide bonds. The third kappa shape index (κ3) is 1.18. The van der Waals surface area contributed by atoms with Crippen molar-refractivity contribution in [1.82, 2.24) is 0 Å². The van der Waals surface area contributed by atoms with Crippen LogP contribution in [0.5, 0.6) is 0 Å². The SMILES string of the molecule is O=CCC(O)C1CC12CCCC2. The van der Waals surface area contributed by atoms with Crippen LogP contribution in [0.2, 0.25) is 0 Å². The molecule has 0 aliphatic heterocycles. The third-order valence-electron chi connectivity index (χ3n) is 3.65. The fourth-order valence-electron chi connectivity index (χ4n) is 2.84. The Morgan fingerprint density at radius 2 is 2.17 bits per heavy atom. The van der Waals surface area contributed by atoms with E-state index in [2.05, 4.69) is 0 Å². The molecule has 12 heavy (non-hydrogen) atoms. The highest BCUT2D eigenvalue weighted by Crippen LogP contribution is 2.64. The van der Waals surface area contributed by atoms with Gasteiger partial charge in [0.15, 0.2) is 0 Å². The molecule has 2 heteroatoms. The van der Waals surface area contributed by atoms with Crippen LogP contribution in [0.1, 0.15) is 38.5 Å². The zero-order valence-electron chi connectivity index (χ0n) is 7.33. The second kappa shape index (κ2) is 2.84. The summed E-state index contributed by atoms with van der Waals surface area (Å²) in [5, 5.41) is 9.58. The van der Waals surface area contributed by atoms with Gasteiger partial charge < -0.3 is 9.90 Å². The van der Waals surface area contributed by atoms with Crippen LogP contribution in [0.15, 0.2) is 0 Å². The molecule has 68 valence electrons. The second-order valence-corrected chi connectivity index (χ2v) is 4.35. The Balaban J connectivity index is 1.89. The number of aldehydes is 1. The van der Waals surface area contributed by atoms with Crippen LogP contribution in [0.25, 0.3) is 0 Å². The first kappa shape index (κ1) is 8.24. The van der Waals surface area contributed by atoms with Gasteiger partial charge in [0.25, 0.3) is 0 Å². The molecule has 0 heterocycles. The minimum Gasteiger partial charge on any atom is -0.392 e. The van der Waals surface area contributed by atoms with Crippen LogP contribution < -0.4 is 0 Å². The van der Waals surface area contributed by atoms with E-state index in [-0.39, 0.29) is 6.10 Å². The van der Waals surface area contributed by atoms with Gasteiger partial charge in [0.05, 0.1) is 6.10 Å². The van der Waals surface area contributed by atoms with E-state index < -0.39 is 0 Å². The Hall–Kier alpha value is -0.370. The van der Waals surface area contributed by atoms with Crippen LogP contribution >= 0.6 is 0 Å². The molecule has 2 aliphatic carbocycles. The molecule has 0 aromatic rings. The quantitative estimate of drug-likeness (QED) is 0.649. The van der Waals surface area contributed by atoms with E-state index in [1.165, 1.54) is 32.1 Å². The lowest BCUT2D eigenvalue weighted by molar-refractivity contribution is -0.109. The monoisotopic (exact) mass is 168 g/mol. The van der Waals surface area contributed by atoms with Gasteiger partial charge in [0.1, 0.15) is 6.29 Å². The van der Waals surface area contributed by atoms with Gasteiger partial charge in [-0.3, -0.25) is 0 Å². The molecule has 0 saturated heterocycles. The first-order valence-corrected chi connectivity index (χ1v) is 4.90. The molecule has 1 spiro atoms. The van der Waals surface area contributed by atoms with Crippen LogP contribution in [0.3, 0.4) is 0 Å². The minimum absolute atomic E-state index is 0.340. The average molecular weight is 168 g/mol. The number of hydrogen-bond acceptors (Lipinski definition) is 2. The second-order valence-electron chi connectivity index (χ2n) is 4.35. The number of carbonyl (C=O) groups is 1. The molecule has 0 radical (unpaired) electrons. The summed E-state index contributed by atoms with van der Waals surface area (Å²) in [5.74, 6) is 0.449. The predicted molar refractivity (Wildman–Crippen MR) is 45.7 cm³/mol. The average Bonchev–Trinajstić information content (AvgIpc) is 2.51. The maximum absolute atomic E-state index is 10.2. The van der Waals surface area contributed by atoms with Crippen molar-refractivity contribution >= 4 is 6.29 Å². The van der Waals surface area contributed by atoms with E-state index in [0.717, 1.165) is 6.29 Å². The lowest BCUT2D eigenvalue weighted by atomic mass is 9.98. The summed E-state index contributed by atoms with van der Waals surface area (Å²) in [6.07, 6.45) is 7.22. The number of aliphatic hydroxyl groups excluding tert-OH is 1. The fraction of sp³-hybridized carbons (Fsp3) is 0.900.